The minimum Gasteiger partial charge on any atom is -0.396 e. The molecule has 49 heavy (non-hydrogen) atoms. The molecule has 3 aliphatic rings. The molecule has 3 fully saturated rings. The molecule has 21 nitrogen and oxygen atoms in total. The van der Waals surface area contributed by atoms with Crippen molar-refractivity contribution in [3.63, 3.8) is 0 Å². The molecule has 288 valence electrons. The van der Waals surface area contributed by atoms with Gasteiger partial charge in [0.05, 0.1) is 62.3 Å². The normalized spacial score (nSPS) is 39.7. The maximum atomic E-state index is 13.0. The zero-order valence-corrected chi connectivity index (χ0v) is 27.2. The van der Waals surface area contributed by atoms with Crippen molar-refractivity contribution in [3.8, 4) is 0 Å². The van der Waals surface area contributed by atoms with E-state index >= 15 is 0 Å². The molecule has 2 saturated heterocycles. The summed E-state index contributed by atoms with van der Waals surface area (Å²) in [5.74, 6) is -1.76. The molecule has 0 spiro atoms. The van der Waals surface area contributed by atoms with Gasteiger partial charge in [0.15, 0.2) is 12.6 Å². The molecular formula is C28H57N7O14. The number of nitrogens with two attached hydrogens (primary N) is 5. The Bertz CT molecular complexity index is 992. The molecule has 2 aliphatic heterocycles. The van der Waals surface area contributed by atoms with Crippen molar-refractivity contribution in [2.24, 2.45) is 34.6 Å². The Morgan fingerprint density at radius 3 is 2.12 bits per heavy atom. The lowest BCUT2D eigenvalue weighted by atomic mass is 9.83. The Hall–Kier alpha value is -1.29. The SMILES string of the molecule is NC[C@H](O)[C@H](N)[C@H](O)C(=O)N[C@@H]1C[C@H](N)C(O[C@H]2O[C@H](CNCC(O)C(CO)CO)CCC2N)C(O)C1O[C@H]1OC(CO)C(O)[C@H](N)C1O. The molecule has 0 bridgehead atoms. The molecule has 21 heteroatoms. The summed E-state index contributed by atoms with van der Waals surface area (Å²) >= 11 is 0. The minimum atomic E-state index is -1.93. The Labute approximate surface area is 283 Å². The molecule has 21 N–H and O–H groups in total. The Balaban J connectivity index is 1.77. The van der Waals surface area contributed by atoms with Gasteiger partial charge in [-0.05, 0) is 19.3 Å². The second kappa shape index (κ2) is 19.5. The van der Waals surface area contributed by atoms with Gasteiger partial charge in [-0.25, -0.2) is 0 Å². The highest BCUT2D eigenvalue weighted by atomic mass is 16.7. The molecule has 1 saturated carbocycles. The van der Waals surface area contributed by atoms with Crippen LogP contribution in [0.4, 0.5) is 0 Å². The maximum absolute atomic E-state index is 13.0. The van der Waals surface area contributed by atoms with E-state index in [0.29, 0.717) is 12.8 Å². The lowest BCUT2D eigenvalue weighted by Gasteiger charge is -2.48. The number of hydrogen-bond donors (Lipinski definition) is 16. The smallest absolute Gasteiger partial charge is 0.250 e. The molecule has 17 atom stereocenters. The molecule has 2 heterocycles. The van der Waals surface area contributed by atoms with Crippen molar-refractivity contribution in [3.05, 3.63) is 0 Å². The molecule has 1 aliphatic carbocycles. The highest BCUT2D eigenvalue weighted by molar-refractivity contribution is 5.81. The highest BCUT2D eigenvalue weighted by Crippen LogP contribution is 2.31. The largest absolute Gasteiger partial charge is 0.396 e. The summed E-state index contributed by atoms with van der Waals surface area (Å²) in [5, 5.41) is 96.9. The van der Waals surface area contributed by atoms with Crippen molar-refractivity contribution < 1.29 is 69.7 Å². The number of amides is 1. The molecule has 1 amide bonds. The first-order chi connectivity index (χ1) is 23.2. The monoisotopic (exact) mass is 715 g/mol. The van der Waals surface area contributed by atoms with Crippen LogP contribution in [0.2, 0.25) is 0 Å². The van der Waals surface area contributed by atoms with Crippen LogP contribution in [0, 0.1) is 5.92 Å². The van der Waals surface area contributed by atoms with Gasteiger partial charge in [-0.3, -0.25) is 4.79 Å². The topological polar surface area (TPSA) is 390 Å². The fourth-order valence-corrected chi connectivity index (χ4v) is 6.10. The Kier molecular flexibility index (Phi) is 16.8. The number of aliphatic hydroxyl groups is 9. The molecule has 3 rings (SSSR count). The van der Waals surface area contributed by atoms with E-state index in [9.17, 15) is 50.8 Å². The third-order valence-corrected chi connectivity index (χ3v) is 9.42. The first kappa shape index (κ1) is 42.1. The zero-order chi connectivity index (χ0) is 36.6. The van der Waals surface area contributed by atoms with E-state index in [1.54, 1.807) is 0 Å². The number of hydrogen-bond acceptors (Lipinski definition) is 20. The highest BCUT2D eigenvalue weighted by Gasteiger charge is 2.51. The summed E-state index contributed by atoms with van der Waals surface area (Å²) in [6, 6.07) is -5.60. The van der Waals surface area contributed by atoms with E-state index in [-0.39, 0.29) is 26.1 Å². The summed E-state index contributed by atoms with van der Waals surface area (Å²) in [5.41, 5.74) is 29.8. The van der Waals surface area contributed by atoms with Crippen LogP contribution in [0.15, 0.2) is 0 Å². The molecule has 0 aromatic heterocycles. The summed E-state index contributed by atoms with van der Waals surface area (Å²) in [6.07, 6.45) is -15.4. The fraction of sp³-hybridized carbons (Fsp3) is 0.964. The van der Waals surface area contributed by atoms with Gasteiger partial charge in [-0.2, -0.15) is 0 Å². The fourth-order valence-electron chi connectivity index (χ4n) is 6.10. The lowest BCUT2D eigenvalue weighted by molar-refractivity contribution is -0.314. The average Bonchev–Trinajstić information content (AvgIpc) is 3.08. The number of aliphatic hydroxyl groups excluding tert-OH is 9. The Morgan fingerprint density at radius 1 is 0.857 bits per heavy atom. The van der Waals surface area contributed by atoms with Crippen molar-refractivity contribution in [1.82, 2.24) is 10.6 Å². The van der Waals surface area contributed by atoms with Gasteiger partial charge in [0.1, 0.15) is 42.7 Å². The van der Waals surface area contributed by atoms with Crippen LogP contribution < -0.4 is 39.3 Å². The van der Waals surface area contributed by atoms with Crippen LogP contribution in [0.3, 0.4) is 0 Å². The predicted octanol–water partition coefficient (Wildman–Crippen LogP) is -9.51. The van der Waals surface area contributed by atoms with E-state index in [1.807, 2.05) is 0 Å². The van der Waals surface area contributed by atoms with Crippen LogP contribution in [0.1, 0.15) is 19.3 Å². The standard InChI is InChI=1S/C28H57N7O14/c29-4-15(39)18(32)21(42)26(45)35-14-3-13(31)24(23(44)25(14)49-28-22(43)19(33)20(41)17(9-38)47-28)48-27-12(30)2-1-11(46-27)5-34-6-16(40)10(7-36)8-37/h10-25,27-28,34,36-44H,1-9,29-33H2,(H,35,45)/t11-,12?,13-,14+,15-,16?,17?,18-,19-,20?,21-,22?,23?,24?,25?,27+,28+/m0/s1. The molecule has 0 radical (unpaired) electrons. The number of carbonyl (C=O) groups is 1. The first-order valence-electron chi connectivity index (χ1n) is 16.4. The van der Waals surface area contributed by atoms with Crippen LogP contribution in [0.5, 0.6) is 0 Å². The van der Waals surface area contributed by atoms with Gasteiger partial charge in [-0.1, -0.05) is 0 Å². The minimum absolute atomic E-state index is 0.0687. The number of nitrogens with one attached hydrogen (secondary N) is 2. The third kappa shape index (κ3) is 10.6. The van der Waals surface area contributed by atoms with Gasteiger partial charge >= 0.3 is 0 Å². The second-order valence-corrected chi connectivity index (χ2v) is 13.0. The number of carbonyl (C=O) groups excluding carboxylic acids is 1. The summed E-state index contributed by atoms with van der Waals surface area (Å²) in [4.78, 5) is 13.0. The lowest BCUT2D eigenvalue weighted by Crippen LogP contribution is -2.69. The first-order valence-corrected chi connectivity index (χ1v) is 16.4. The van der Waals surface area contributed by atoms with Crippen molar-refractivity contribution in [2.75, 3.05) is 39.5 Å². The number of rotatable bonds is 17. The van der Waals surface area contributed by atoms with Crippen molar-refractivity contribution in [2.45, 2.75) is 123 Å². The van der Waals surface area contributed by atoms with Gasteiger partial charge in [0, 0.05) is 31.6 Å². The van der Waals surface area contributed by atoms with Crippen LogP contribution in [-0.2, 0) is 23.7 Å². The van der Waals surface area contributed by atoms with E-state index < -0.39 is 135 Å². The van der Waals surface area contributed by atoms with Crippen LogP contribution >= 0.6 is 0 Å². The molecule has 8 unspecified atom stereocenters. The van der Waals surface area contributed by atoms with Gasteiger partial charge < -0.3 is 104 Å². The quantitative estimate of drug-likeness (QED) is 0.0664. The summed E-state index contributed by atoms with van der Waals surface area (Å²) in [7, 11) is 0. The van der Waals surface area contributed by atoms with E-state index in [2.05, 4.69) is 10.6 Å². The molecular weight excluding hydrogens is 658 g/mol. The second-order valence-electron chi connectivity index (χ2n) is 13.0. The van der Waals surface area contributed by atoms with E-state index in [0.717, 1.165) is 0 Å². The molecule has 0 aromatic carbocycles. The van der Waals surface area contributed by atoms with Gasteiger partial charge in [0.25, 0.3) is 5.91 Å². The maximum Gasteiger partial charge on any atom is 0.250 e. The van der Waals surface area contributed by atoms with Crippen molar-refractivity contribution >= 4 is 5.91 Å². The summed E-state index contributed by atoms with van der Waals surface area (Å²) in [6.45, 7) is -1.48. The van der Waals surface area contributed by atoms with Crippen molar-refractivity contribution in [1.29, 1.82) is 0 Å². The van der Waals surface area contributed by atoms with E-state index in [4.69, 9.17) is 47.6 Å². The molecule has 0 aromatic rings. The third-order valence-electron chi connectivity index (χ3n) is 9.42. The van der Waals surface area contributed by atoms with Gasteiger partial charge in [-0.15, -0.1) is 0 Å². The van der Waals surface area contributed by atoms with Crippen LogP contribution in [0.25, 0.3) is 0 Å². The Morgan fingerprint density at radius 2 is 1.51 bits per heavy atom. The average molecular weight is 716 g/mol. The number of ether oxygens (including phenoxy) is 4. The zero-order valence-electron chi connectivity index (χ0n) is 27.2. The summed E-state index contributed by atoms with van der Waals surface area (Å²) < 4.78 is 23.7. The van der Waals surface area contributed by atoms with Crippen LogP contribution in [-0.4, -0.2) is 195 Å². The van der Waals surface area contributed by atoms with E-state index in [1.165, 1.54) is 0 Å². The van der Waals surface area contributed by atoms with Gasteiger partial charge in [0.2, 0.25) is 0 Å². The predicted molar refractivity (Wildman–Crippen MR) is 167 cm³/mol.